The lowest BCUT2D eigenvalue weighted by atomic mass is 10.1. The molecule has 1 saturated heterocycles. The smallest absolute Gasteiger partial charge is 0.342 e. The molecule has 1 aromatic rings. The van der Waals surface area contributed by atoms with Gasteiger partial charge in [0, 0.05) is 26.6 Å². The first kappa shape index (κ1) is 14.9. The molecule has 8 heteroatoms. The first-order valence-corrected chi connectivity index (χ1v) is 6.72. The SMILES string of the molecule is Cc1ncc([N+](=O)[O-])n1CC(O)CN1CCC(O)CC1. The number of likely N-dealkylation sites (tertiary alicyclic amines) is 1. The molecule has 20 heavy (non-hydrogen) atoms. The summed E-state index contributed by atoms with van der Waals surface area (Å²) in [5.74, 6) is 0.417. The van der Waals surface area contributed by atoms with Gasteiger partial charge in [0.1, 0.15) is 18.8 Å². The Morgan fingerprint density at radius 1 is 1.50 bits per heavy atom. The van der Waals surface area contributed by atoms with E-state index in [1.165, 1.54) is 10.8 Å². The van der Waals surface area contributed by atoms with E-state index in [4.69, 9.17) is 0 Å². The van der Waals surface area contributed by atoms with E-state index in [9.17, 15) is 20.3 Å². The summed E-state index contributed by atoms with van der Waals surface area (Å²) in [5, 5.41) is 30.4. The fourth-order valence-electron chi connectivity index (χ4n) is 2.50. The molecule has 2 N–H and O–H groups in total. The summed E-state index contributed by atoms with van der Waals surface area (Å²) in [6.07, 6.45) is 1.67. The van der Waals surface area contributed by atoms with Gasteiger partial charge in [0.15, 0.2) is 5.82 Å². The number of imidazole rings is 1. The maximum Gasteiger partial charge on any atom is 0.342 e. The summed E-state index contributed by atoms with van der Waals surface area (Å²) in [6, 6.07) is 0. The van der Waals surface area contributed by atoms with Crippen molar-refractivity contribution in [1.29, 1.82) is 0 Å². The van der Waals surface area contributed by atoms with Crippen LogP contribution in [0.4, 0.5) is 5.82 Å². The molecule has 0 saturated carbocycles. The van der Waals surface area contributed by atoms with E-state index >= 15 is 0 Å². The molecule has 8 nitrogen and oxygen atoms in total. The van der Waals surface area contributed by atoms with Crippen molar-refractivity contribution in [1.82, 2.24) is 14.5 Å². The minimum absolute atomic E-state index is 0.101. The molecule has 0 radical (unpaired) electrons. The van der Waals surface area contributed by atoms with Gasteiger partial charge in [-0.05, 0) is 17.8 Å². The molecule has 1 fully saturated rings. The van der Waals surface area contributed by atoms with Crippen LogP contribution in [0.3, 0.4) is 0 Å². The quantitative estimate of drug-likeness (QED) is 0.578. The lowest BCUT2D eigenvalue weighted by molar-refractivity contribution is -0.392. The number of aromatic nitrogens is 2. The predicted molar refractivity (Wildman–Crippen MR) is 71.3 cm³/mol. The summed E-state index contributed by atoms with van der Waals surface area (Å²) in [6.45, 7) is 3.76. The molecule has 2 heterocycles. The zero-order valence-corrected chi connectivity index (χ0v) is 11.5. The minimum Gasteiger partial charge on any atom is -0.393 e. The molecule has 0 aliphatic carbocycles. The van der Waals surface area contributed by atoms with Crippen molar-refractivity contribution in [3.8, 4) is 0 Å². The molecular formula is C12H20N4O4. The minimum atomic E-state index is -0.697. The first-order chi connectivity index (χ1) is 9.47. The van der Waals surface area contributed by atoms with E-state index in [0.29, 0.717) is 25.2 Å². The number of piperidine rings is 1. The topological polar surface area (TPSA) is 105 Å². The molecule has 0 spiro atoms. The number of rotatable bonds is 5. The van der Waals surface area contributed by atoms with Crippen LogP contribution in [0.15, 0.2) is 6.20 Å². The van der Waals surface area contributed by atoms with Gasteiger partial charge in [0.25, 0.3) is 0 Å². The monoisotopic (exact) mass is 284 g/mol. The average Bonchev–Trinajstić information content (AvgIpc) is 2.74. The van der Waals surface area contributed by atoms with E-state index in [-0.39, 0.29) is 18.5 Å². The Labute approximate surface area is 116 Å². The maximum atomic E-state index is 10.9. The summed E-state index contributed by atoms with van der Waals surface area (Å²) in [5.41, 5.74) is 0. The fourth-order valence-corrected chi connectivity index (χ4v) is 2.50. The van der Waals surface area contributed by atoms with Gasteiger partial charge in [-0.15, -0.1) is 0 Å². The van der Waals surface area contributed by atoms with Crippen LogP contribution in [-0.4, -0.2) is 61.4 Å². The second-order valence-electron chi connectivity index (χ2n) is 5.22. The van der Waals surface area contributed by atoms with Gasteiger partial charge >= 0.3 is 5.82 Å². The third kappa shape index (κ3) is 3.53. The van der Waals surface area contributed by atoms with Gasteiger partial charge in [0.05, 0.1) is 6.10 Å². The summed E-state index contributed by atoms with van der Waals surface area (Å²) in [7, 11) is 0. The summed E-state index contributed by atoms with van der Waals surface area (Å²) in [4.78, 5) is 16.3. The number of hydrogen-bond donors (Lipinski definition) is 2. The van der Waals surface area contributed by atoms with Gasteiger partial charge in [-0.25, -0.2) is 9.55 Å². The Morgan fingerprint density at radius 2 is 2.15 bits per heavy atom. The summed E-state index contributed by atoms with van der Waals surface area (Å²) >= 11 is 0. The summed E-state index contributed by atoms with van der Waals surface area (Å²) < 4.78 is 1.42. The predicted octanol–water partition coefficient (Wildman–Crippen LogP) is -0.0827. The Bertz CT molecular complexity index is 468. The number of aliphatic hydroxyl groups is 2. The Morgan fingerprint density at radius 3 is 2.75 bits per heavy atom. The molecule has 0 aromatic carbocycles. The Balaban J connectivity index is 1.93. The van der Waals surface area contributed by atoms with Gasteiger partial charge in [0.2, 0.25) is 0 Å². The molecule has 1 atom stereocenters. The van der Waals surface area contributed by atoms with Gasteiger partial charge in [-0.2, -0.15) is 0 Å². The van der Waals surface area contributed by atoms with Gasteiger partial charge < -0.3 is 25.2 Å². The lowest BCUT2D eigenvalue weighted by Gasteiger charge is -2.30. The van der Waals surface area contributed by atoms with E-state index in [1.807, 2.05) is 0 Å². The molecule has 0 bridgehead atoms. The standard InChI is InChI=1S/C12H20N4O4/c1-9-13-6-12(16(19)20)15(9)8-11(18)7-14-4-2-10(17)3-5-14/h6,10-11,17-18H,2-5,7-8H2,1H3. The van der Waals surface area contributed by atoms with Crippen LogP contribution < -0.4 is 0 Å². The van der Waals surface area contributed by atoms with E-state index < -0.39 is 11.0 Å². The first-order valence-electron chi connectivity index (χ1n) is 6.72. The van der Waals surface area contributed by atoms with Crippen molar-refractivity contribution in [2.24, 2.45) is 0 Å². The highest BCUT2D eigenvalue weighted by Crippen LogP contribution is 2.15. The Kier molecular flexibility index (Phi) is 4.69. The average molecular weight is 284 g/mol. The van der Waals surface area contributed by atoms with E-state index in [1.54, 1.807) is 6.92 Å². The largest absolute Gasteiger partial charge is 0.393 e. The van der Waals surface area contributed by atoms with Crippen molar-refractivity contribution < 1.29 is 15.1 Å². The second kappa shape index (κ2) is 6.29. The van der Waals surface area contributed by atoms with E-state index in [0.717, 1.165) is 13.1 Å². The number of nitrogens with zero attached hydrogens (tertiary/aromatic N) is 4. The van der Waals surface area contributed by atoms with Gasteiger partial charge in [-0.1, -0.05) is 0 Å². The molecule has 112 valence electrons. The highest BCUT2D eigenvalue weighted by atomic mass is 16.6. The van der Waals surface area contributed by atoms with Gasteiger partial charge in [-0.3, -0.25) is 0 Å². The zero-order chi connectivity index (χ0) is 14.7. The fraction of sp³-hybridized carbons (Fsp3) is 0.750. The van der Waals surface area contributed by atoms with Crippen molar-refractivity contribution >= 4 is 5.82 Å². The molecule has 1 aliphatic rings. The van der Waals surface area contributed by atoms with Crippen LogP contribution in [0.25, 0.3) is 0 Å². The Hall–Kier alpha value is -1.51. The third-order valence-electron chi connectivity index (χ3n) is 3.64. The second-order valence-corrected chi connectivity index (χ2v) is 5.22. The molecule has 1 aliphatic heterocycles. The number of aliphatic hydroxyl groups excluding tert-OH is 2. The number of β-amino-alcohol motifs (C(OH)–C–C–N with tert-alkyl or cyclic N) is 1. The highest BCUT2D eigenvalue weighted by Gasteiger charge is 2.23. The zero-order valence-electron chi connectivity index (χ0n) is 11.5. The van der Waals surface area contributed by atoms with Crippen molar-refractivity contribution in [3.63, 3.8) is 0 Å². The van der Waals surface area contributed by atoms with Crippen molar-refractivity contribution in [2.45, 2.75) is 38.5 Å². The van der Waals surface area contributed by atoms with Crippen LogP contribution in [0, 0.1) is 17.0 Å². The van der Waals surface area contributed by atoms with E-state index in [2.05, 4.69) is 9.88 Å². The van der Waals surface area contributed by atoms with Crippen molar-refractivity contribution in [2.75, 3.05) is 19.6 Å². The lowest BCUT2D eigenvalue weighted by Crippen LogP contribution is -2.41. The molecule has 0 amide bonds. The normalized spacial score (nSPS) is 19.1. The number of aryl methyl sites for hydroxylation is 1. The number of nitro groups is 1. The molecule has 2 rings (SSSR count). The van der Waals surface area contributed by atoms with Crippen LogP contribution in [0.1, 0.15) is 18.7 Å². The molecular weight excluding hydrogens is 264 g/mol. The van der Waals surface area contributed by atoms with Crippen LogP contribution in [0.2, 0.25) is 0 Å². The molecule has 1 aromatic heterocycles. The third-order valence-corrected chi connectivity index (χ3v) is 3.64. The maximum absolute atomic E-state index is 10.9. The van der Waals surface area contributed by atoms with Crippen LogP contribution in [0.5, 0.6) is 0 Å². The van der Waals surface area contributed by atoms with Crippen LogP contribution >= 0.6 is 0 Å². The van der Waals surface area contributed by atoms with Crippen molar-refractivity contribution in [3.05, 3.63) is 22.1 Å². The number of hydrogen-bond acceptors (Lipinski definition) is 6. The van der Waals surface area contributed by atoms with Crippen LogP contribution in [-0.2, 0) is 6.54 Å². The molecule has 1 unspecified atom stereocenters. The highest BCUT2D eigenvalue weighted by molar-refractivity contribution is 5.18.